The van der Waals surface area contributed by atoms with Crippen LogP contribution in [0.2, 0.25) is 0 Å². The van der Waals surface area contributed by atoms with E-state index in [2.05, 4.69) is 20.9 Å². The summed E-state index contributed by atoms with van der Waals surface area (Å²) in [4.78, 5) is 22.0. The monoisotopic (exact) mass is 489 g/mol. The molecule has 3 aromatic rings. The topological polar surface area (TPSA) is 74.4 Å². The number of methoxy groups -OCH3 is 1. The van der Waals surface area contributed by atoms with E-state index in [1.54, 1.807) is 26.4 Å². The van der Waals surface area contributed by atoms with Crippen LogP contribution in [0.1, 0.15) is 44.1 Å². The Kier molecular flexibility index (Phi) is 6.57. The van der Waals surface area contributed by atoms with Gasteiger partial charge in [0, 0.05) is 45.0 Å². The van der Waals surface area contributed by atoms with E-state index in [4.69, 9.17) is 4.74 Å². The SMILES string of the molecule is COc1cc(F)ccc1N(CC1CC1)[C@H]1CC[C@@H](N(C)c2c(C#N)c(=O)n(C)c3cccnc23)CC1. The number of aromatic nitrogens is 2. The Hall–Kier alpha value is -3.60. The predicted molar refractivity (Wildman–Crippen MR) is 139 cm³/mol. The second-order valence-electron chi connectivity index (χ2n) is 10.1. The molecule has 188 valence electrons. The number of nitrogens with zero attached hydrogens (tertiary/aromatic N) is 5. The fourth-order valence-corrected chi connectivity index (χ4v) is 5.64. The number of anilines is 2. The summed E-state index contributed by atoms with van der Waals surface area (Å²) in [6.45, 7) is 0.953. The molecule has 2 aromatic heterocycles. The zero-order chi connectivity index (χ0) is 25.4. The average molecular weight is 490 g/mol. The van der Waals surface area contributed by atoms with Crippen LogP contribution in [0.15, 0.2) is 41.3 Å². The number of pyridine rings is 2. The summed E-state index contributed by atoms with van der Waals surface area (Å²) in [7, 11) is 5.24. The van der Waals surface area contributed by atoms with Crippen molar-refractivity contribution in [2.75, 3.05) is 30.5 Å². The molecule has 0 bridgehead atoms. The second kappa shape index (κ2) is 9.81. The lowest BCUT2D eigenvalue weighted by Gasteiger charge is -2.42. The average Bonchev–Trinajstić information content (AvgIpc) is 3.73. The third kappa shape index (κ3) is 4.39. The van der Waals surface area contributed by atoms with E-state index in [1.165, 1.54) is 29.5 Å². The normalized spacial score (nSPS) is 19.6. The van der Waals surface area contributed by atoms with Gasteiger partial charge in [0.1, 0.15) is 28.7 Å². The maximum Gasteiger partial charge on any atom is 0.270 e. The number of halogens is 1. The van der Waals surface area contributed by atoms with Crippen LogP contribution < -0.4 is 20.1 Å². The van der Waals surface area contributed by atoms with Gasteiger partial charge >= 0.3 is 0 Å². The summed E-state index contributed by atoms with van der Waals surface area (Å²) in [5, 5.41) is 9.87. The van der Waals surface area contributed by atoms with Gasteiger partial charge in [0.05, 0.1) is 24.0 Å². The summed E-state index contributed by atoms with van der Waals surface area (Å²) in [6, 6.07) is 11.1. The number of hydrogen-bond donors (Lipinski definition) is 0. The molecule has 2 aliphatic rings. The van der Waals surface area contributed by atoms with Crippen LogP contribution in [0.3, 0.4) is 0 Å². The molecule has 0 aliphatic heterocycles. The lowest BCUT2D eigenvalue weighted by Crippen LogP contribution is -2.44. The van der Waals surface area contributed by atoms with Crippen molar-refractivity contribution in [1.29, 1.82) is 5.26 Å². The van der Waals surface area contributed by atoms with E-state index in [0.29, 0.717) is 28.9 Å². The number of rotatable bonds is 7. The number of ether oxygens (including phenoxy) is 1. The van der Waals surface area contributed by atoms with Crippen molar-refractivity contribution >= 4 is 22.4 Å². The first-order valence-electron chi connectivity index (χ1n) is 12.6. The van der Waals surface area contributed by atoms with Crippen LogP contribution in [-0.4, -0.2) is 42.3 Å². The zero-order valence-electron chi connectivity index (χ0n) is 21.1. The Labute approximate surface area is 210 Å². The number of fused-ring (bicyclic) bond motifs is 1. The first-order chi connectivity index (χ1) is 17.4. The van der Waals surface area contributed by atoms with Gasteiger partial charge in [-0.1, -0.05) is 0 Å². The number of nitriles is 1. The maximum absolute atomic E-state index is 13.9. The highest BCUT2D eigenvalue weighted by Gasteiger charge is 2.34. The van der Waals surface area contributed by atoms with Gasteiger partial charge < -0.3 is 19.1 Å². The lowest BCUT2D eigenvalue weighted by atomic mass is 9.88. The van der Waals surface area contributed by atoms with Gasteiger partial charge in [-0.2, -0.15) is 5.26 Å². The van der Waals surface area contributed by atoms with Gasteiger partial charge in [-0.15, -0.1) is 0 Å². The summed E-state index contributed by atoms with van der Waals surface area (Å²) < 4.78 is 20.9. The van der Waals surface area contributed by atoms with Crippen molar-refractivity contribution in [3.8, 4) is 11.8 Å². The quantitative estimate of drug-likeness (QED) is 0.482. The molecule has 0 unspecified atom stereocenters. The molecular weight excluding hydrogens is 457 g/mol. The van der Waals surface area contributed by atoms with Gasteiger partial charge in [0.2, 0.25) is 0 Å². The fourth-order valence-electron chi connectivity index (χ4n) is 5.64. The molecule has 1 aromatic carbocycles. The molecule has 0 amide bonds. The van der Waals surface area contributed by atoms with Crippen LogP contribution in [0, 0.1) is 23.1 Å². The van der Waals surface area contributed by atoms with Crippen molar-refractivity contribution in [3.63, 3.8) is 0 Å². The summed E-state index contributed by atoms with van der Waals surface area (Å²) in [5.74, 6) is 0.956. The molecule has 2 heterocycles. The largest absolute Gasteiger partial charge is 0.494 e. The standard InChI is InChI=1S/C28H32FN5O2/c1-32(27-22(16-30)28(35)33(2)24-5-4-14-31-26(24)27)20-9-11-21(12-10-20)34(17-18-6-7-18)23-13-8-19(29)15-25(23)36-3/h4-5,8,13-15,18,20-21H,6-7,9-12,17H2,1-3H3/t20-,21+. The number of aryl methyl sites for hydroxylation is 1. The molecule has 2 fully saturated rings. The second-order valence-corrected chi connectivity index (χ2v) is 10.1. The zero-order valence-corrected chi connectivity index (χ0v) is 21.1. The highest BCUT2D eigenvalue weighted by Crippen LogP contribution is 2.40. The lowest BCUT2D eigenvalue weighted by molar-refractivity contribution is 0.359. The Morgan fingerprint density at radius 1 is 1.17 bits per heavy atom. The highest BCUT2D eigenvalue weighted by atomic mass is 19.1. The van der Waals surface area contributed by atoms with Crippen LogP contribution in [-0.2, 0) is 7.05 Å². The molecular formula is C28H32FN5O2. The Balaban J connectivity index is 1.41. The third-order valence-electron chi connectivity index (χ3n) is 7.85. The van der Waals surface area contributed by atoms with Gasteiger partial charge in [0.25, 0.3) is 5.56 Å². The van der Waals surface area contributed by atoms with Gasteiger partial charge in [-0.25, -0.2) is 4.39 Å². The van der Waals surface area contributed by atoms with Crippen molar-refractivity contribution in [3.05, 3.63) is 58.3 Å². The Bertz CT molecular complexity index is 1370. The van der Waals surface area contributed by atoms with Gasteiger partial charge in [-0.3, -0.25) is 9.78 Å². The van der Waals surface area contributed by atoms with Crippen LogP contribution >= 0.6 is 0 Å². The molecule has 7 nitrogen and oxygen atoms in total. The van der Waals surface area contributed by atoms with Gasteiger partial charge in [-0.05, 0) is 68.7 Å². The molecule has 0 saturated heterocycles. The molecule has 2 aliphatic carbocycles. The first-order valence-corrected chi connectivity index (χ1v) is 12.6. The van der Waals surface area contributed by atoms with Crippen molar-refractivity contribution in [2.45, 2.75) is 50.6 Å². The minimum Gasteiger partial charge on any atom is -0.494 e. The Morgan fingerprint density at radius 2 is 1.89 bits per heavy atom. The molecule has 0 N–H and O–H groups in total. The van der Waals surface area contributed by atoms with Crippen LogP contribution in [0.5, 0.6) is 5.75 Å². The molecule has 36 heavy (non-hydrogen) atoms. The molecule has 8 heteroatoms. The molecule has 0 radical (unpaired) electrons. The van der Waals surface area contributed by atoms with E-state index < -0.39 is 0 Å². The molecule has 0 atom stereocenters. The summed E-state index contributed by atoms with van der Waals surface area (Å²) in [5.41, 5.74) is 2.81. The summed E-state index contributed by atoms with van der Waals surface area (Å²) in [6.07, 6.45) is 7.92. The molecule has 0 spiro atoms. The van der Waals surface area contributed by atoms with E-state index in [9.17, 15) is 14.4 Å². The van der Waals surface area contributed by atoms with Crippen molar-refractivity contribution in [2.24, 2.45) is 13.0 Å². The summed E-state index contributed by atoms with van der Waals surface area (Å²) >= 11 is 0. The van der Waals surface area contributed by atoms with Crippen molar-refractivity contribution < 1.29 is 9.13 Å². The van der Waals surface area contributed by atoms with Crippen molar-refractivity contribution in [1.82, 2.24) is 9.55 Å². The maximum atomic E-state index is 13.9. The highest BCUT2D eigenvalue weighted by molar-refractivity contribution is 5.91. The third-order valence-corrected chi connectivity index (χ3v) is 7.85. The van der Waals surface area contributed by atoms with Crippen LogP contribution in [0.4, 0.5) is 15.8 Å². The smallest absolute Gasteiger partial charge is 0.270 e. The number of benzene rings is 1. The fraction of sp³-hybridized carbons (Fsp3) is 0.464. The van der Waals surface area contributed by atoms with E-state index in [-0.39, 0.29) is 23.0 Å². The predicted octanol–water partition coefficient (Wildman–Crippen LogP) is 4.62. The van der Waals surface area contributed by atoms with E-state index in [0.717, 1.165) is 43.4 Å². The van der Waals surface area contributed by atoms with E-state index in [1.807, 2.05) is 19.2 Å². The minimum atomic E-state index is -0.299. The van der Waals surface area contributed by atoms with Gasteiger partial charge in [0.15, 0.2) is 0 Å². The van der Waals surface area contributed by atoms with E-state index >= 15 is 0 Å². The van der Waals surface area contributed by atoms with Crippen LogP contribution in [0.25, 0.3) is 11.0 Å². The Morgan fingerprint density at radius 3 is 2.56 bits per heavy atom. The first kappa shape index (κ1) is 24.1. The number of hydrogen-bond acceptors (Lipinski definition) is 6. The molecule has 2 saturated carbocycles. The molecule has 5 rings (SSSR count). The minimum absolute atomic E-state index is 0.139.